The van der Waals surface area contributed by atoms with Gasteiger partial charge in [-0.2, -0.15) is 18.2 Å². The van der Waals surface area contributed by atoms with Crippen LogP contribution in [0.1, 0.15) is 5.56 Å². The summed E-state index contributed by atoms with van der Waals surface area (Å²) in [6.07, 6.45) is -3.78. The Hall–Kier alpha value is -2.84. The van der Waals surface area contributed by atoms with Crippen molar-refractivity contribution in [2.45, 2.75) is 6.18 Å². The lowest BCUT2D eigenvalue weighted by Crippen LogP contribution is -2.05. The zero-order valence-electron chi connectivity index (χ0n) is 11.1. The maximum absolute atomic E-state index is 13.4. The molecule has 2 heterocycles. The molecular formula is C14H6F5N3O. The van der Waals surface area contributed by atoms with Crippen molar-refractivity contribution in [2.75, 3.05) is 0 Å². The van der Waals surface area contributed by atoms with Gasteiger partial charge in [0.2, 0.25) is 5.82 Å². The Balaban J connectivity index is 2.00. The molecule has 2 aromatic heterocycles. The smallest absolute Gasteiger partial charge is 0.334 e. The van der Waals surface area contributed by atoms with Crippen LogP contribution in [0, 0.1) is 11.6 Å². The number of nitrogens with zero attached hydrogens (tertiary/aromatic N) is 3. The maximum atomic E-state index is 13.4. The highest BCUT2D eigenvalue weighted by molar-refractivity contribution is 5.58. The predicted molar refractivity (Wildman–Crippen MR) is 67.9 cm³/mol. The number of halogens is 5. The van der Waals surface area contributed by atoms with Crippen LogP contribution in [0.15, 0.2) is 41.1 Å². The molecule has 0 aliphatic rings. The van der Waals surface area contributed by atoms with E-state index in [1.54, 1.807) is 0 Å². The van der Waals surface area contributed by atoms with Gasteiger partial charge in [0.15, 0.2) is 0 Å². The van der Waals surface area contributed by atoms with Crippen LogP contribution in [0.5, 0.6) is 0 Å². The second kappa shape index (κ2) is 5.41. The normalized spacial score (nSPS) is 11.7. The molecule has 0 atom stereocenters. The van der Waals surface area contributed by atoms with E-state index in [0.29, 0.717) is 12.1 Å². The molecule has 0 unspecified atom stereocenters. The van der Waals surface area contributed by atoms with Crippen molar-refractivity contribution in [3.05, 3.63) is 53.7 Å². The zero-order valence-corrected chi connectivity index (χ0v) is 11.1. The monoisotopic (exact) mass is 327 g/mol. The van der Waals surface area contributed by atoms with Crippen molar-refractivity contribution in [3.8, 4) is 23.0 Å². The third kappa shape index (κ3) is 3.17. The minimum absolute atomic E-state index is 0.0576. The summed E-state index contributed by atoms with van der Waals surface area (Å²) in [7, 11) is 0. The second-order valence-electron chi connectivity index (χ2n) is 4.51. The van der Waals surface area contributed by atoms with Gasteiger partial charge in [0.05, 0.1) is 11.8 Å². The molecule has 0 saturated carbocycles. The number of hydrogen-bond acceptors (Lipinski definition) is 4. The van der Waals surface area contributed by atoms with Gasteiger partial charge < -0.3 is 4.52 Å². The van der Waals surface area contributed by atoms with E-state index >= 15 is 0 Å². The van der Waals surface area contributed by atoms with Crippen LogP contribution in [0.2, 0.25) is 0 Å². The summed E-state index contributed by atoms with van der Waals surface area (Å²) in [6, 6.07) is 4.28. The standard InChI is InChI=1S/C14H6F5N3O/c15-9-1-2-11(20-6-9)12-21-13(23-22-12)7-3-8(14(17,18)19)5-10(16)4-7/h1-6H. The first-order valence-electron chi connectivity index (χ1n) is 6.17. The highest BCUT2D eigenvalue weighted by atomic mass is 19.4. The number of alkyl halides is 3. The van der Waals surface area contributed by atoms with Gasteiger partial charge in [0, 0.05) is 5.56 Å². The molecule has 0 amide bonds. The van der Waals surface area contributed by atoms with Crippen LogP contribution in [-0.2, 0) is 6.18 Å². The summed E-state index contributed by atoms with van der Waals surface area (Å²) in [5.74, 6) is -2.03. The van der Waals surface area contributed by atoms with Crippen molar-refractivity contribution in [3.63, 3.8) is 0 Å². The Bertz CT molecular complexity index is 842. The molecule has 3 aromatic rings. The van der Waals surface area contributed by atoms with Gasteiger partial charge in [0.25, 0.3) is 5.89 Å². The molecular weight excluding hydrogens is 321 g/mol. The van der Waals surface area contributed by atoms with Gasteiger partial charge in [0.1, 0.15) is 17.3 Å². The summed E-state index contributed by atoms with van der Waals surface area (Å²) >= 11 is 0. The van der Waals surface area contributed by atoms with Crippen LogP contribution < -0.4 is 0 Å². The summed E-state index contributed by atoms with van der Waals surface area (Å²) in [6.45, 7) is 0. The number of benzene rings is 1. The first-order chi connectivity index (χ1) is 10.8. The SMILES string of the molecule is Fc1ccc(-c2noc(-c3cc(F)cc(C(F)(F)F)c3)n2)nc1. The van der Waals surface area contributed by atoms with Crippen LogP contribution in [0.25, 0.3) is 23.0 Å². The van der Waals surface area contributed by atoms with E-state index in [4.69, 9.17) is 4.52 Å². The molecule has 4 nitrogen and oxygen atoms in total. The predicted octanol–water partition coefficient (Wildman–Crippen LogP) is 4.10. The highest BCUT2D eigenvalue weighted by Crippen LogP contribution is 2.33. The molecule has 0 bridgehead atoms. The molecule has 3 rings (SSSR count). The Kier molecular flexibility index (Phi) is 3.55. The molecule has 0 aliphatic heterocycles. The van der Waals surface area contributed by atoms with E-state index in [-0.39, 0.29) is 23.0 Å². The molecule has 0 saturated heterocycles. The van der Waals surface area contributed by atoms with Crippen molar-refractivity contribution in [1.29, 1.82) is 0 Å². The molecule has 0 fully saturated rings. The van der Waals surface area contributed by atoms with Crippen LogP contribution in [0.4, 0.5) is 22.0 Å². The van der Waals surface area contributed by atoms with Crippen molar-refractivity contribution in [2.24, 2.45) is 0 Å². The van der Waals surface area contributed by atoms with Gasteiger partial charge in [-0.1, -0.05) is 5.16 Å². The molecule has 118 valence electrons. The van der Waals surface area contributed by atoms with Gasteiger partial charge in [-0.25, -0.2) is 13.8 Å². The quantitative estimate of drug-likeness (QED) is 0.665. The van der Waals surface area contributed by atoms with Gasteiger partial charge in [-0.3, -0.25) is 0 Å². The van der Waals surface area contributed by atoms with E-state index in [2.05, 4.69) is 15.1 Å². The van der Waals surface area contributed by atoms with E-state index in [9.17, 15) is 22.0 Å². The molecule has 23 heavy (non-hydrogen) atoms. The fraction of sp³-hybridized carbons (Fsp3) is 0.0714. The molecule has 0 aliphatic carbocycles. The van der Waals surface area contributed by atoms with E-state index in [1.807, 2.05) is 0 Å². The molecule has 0 radical (unpaired) electrons. The van der Waals surface area contributed by atoms with Crippen LogP contribution >= 0.6 is 0 Å². The topological polar surface area (TPSA) is 51.8 Å². The Morgan fingerprint density at radius 2 is 1.74 bits per heavy atom. The van der Waals surface area contributed by atoms with E-state index in [0.717, 1.165) is 18.3 Å². The summed E-state index contributed by atoms with van der Waals surface area (Å²) in [5.41, 5.74) is -1.24. The number of aromatic nitrogens is 3. The lowest BCUT2D eigenvalue weighted by Gasteiger charge is -2.07. The second-order valence-corrected chi connectivity index (χ2v) is 4.51. The molecule has 0 spiro atoms. The first kappa shape index (κ1) is 15.1. The Morgan fingerprint density at radius 1 is 0.957 bits per heavy atom. The first-order valence-corrected chi connectivity index (χ1v) is 6.17. The summed E-state index contributed by atoms with van der Waals surface area (Å²) < 4.78 is 69.1. The van der Waals surface area contributed by atoms with Crippen molar-refractivity contribution in [1.82, 2.24) is 15.1 Å². The third-order valence-electron chi connectivity index (χ3n) is 2.85. The molecule has 1 aromatic carbocycles. The summed E-state index contributed by atoms with van der Waals surface area (Å²) in [4.78, 5) is 7.56. The molecule has 9 heteroatoms. The van der Waals surface area contributed by atoms with Crippen molar-refractivity contribution >= 4 is 0 Å². The van der Waals surface area contributed by atoms with Crippen LogP contribution in [-0.4, -0.2) is 15.1 Å². The minimum Gasteiger partial charge on any atom is -0.334 e. The summed E-state index contributed by atoms with van der Waals surface area (Å²) in [5, 5.41) is 3.54. The van der Waals surface area contributed by atoms with E-state index in [1.165, 1.54) is 6.07 Å². The zero-order chi connectivity index (χ0) is 16.6. The number of rotatable bonds is 2. The number of pyridine rings is 1. The van der Waals surface area contributed by atoms with Crippen LogP contribution in [0.3, 0.4) is 0 Å². The maximum Gasteiger partial charge on any atom is 0.416 e. The van der Waals surface area contributed by atoms with E-state index < -0.39 is 23.4 Å². The average molecular weight is 327 g/mol. The lowest BCUT2D eigenvalue weighted by atomic mass is 10.1. The van der Waals surface area contributed by atoms with Crippen molar-refractivity contribution < 1.29 is 26.5 Å². The number of hydrogen-bond donors (Lipinski definition) is 0. The molecule has 0 N–H and O–H groups in total. The van der Waals surface area contributed by atoms with Gasteiger partial charge in [-0.05, 0) is 30.3 Å². The Labute approximate surface area is 125 Å². The average Bonchev–Trinajstić information content (AvgIpc) is 2.96. The fourth-order valence-corrected chi connectivity index (χ4v) is 1.83. The fourth-order valence-electron chi connectivity index (χ4n) is 1.83. The largest absolute Gasteiger partial charge is 0.416 e. The third-order valence-corrected chi connectivity index (χ3v) is 2.85. The van der Waals surface area contributed by atoms with Gasteiger partial charge in [-0.15, -0.1) is 0 Å². The highest BCUT2D eigenvalue weighted by Gasteiger charge is 2.32. The lowest BCUT2D eigenvalue weighted by molar-refractivity contribution is -0.137. The Morgan fingerprint density at radius 3 is 2.39 bits per heavy atom. The minimum atomic E-state index is -4.71. The van der Waals surface area contributed by atoms with Gasteiger partial charge >= 0.3 is 6.18 Å².